The minimum absolute atomic E-state index is 0.211. The maximum atomic E-state index is 13.0. The number of nitrogens with one attached hydrogen (secondary N) is 1. The molecule has 5 N–H and O–H groups in total. The number of hydrogen-bond acceptors (Lipinski definition) is 7. The number of nitrogens with two attached hydrogens (primary N) is 1. The summed E-state index contributed by atoms with van der Waals surface area (Å²) in [5, 5.41) is 24.0. The second kappa shape index (κ2) is 9.34. The molecular formula is C23H34N4O3S. The van der Waals surface area contributed by atoms with Crippen LogP contribution in [0.2, 0.25) is 0 Å². The summed E-state index contributed by atoms with van der Waals surface area (Å²) >= 11 is 1.61. The average molecular weight is 447 g/mol. The zero-order valence-corrected chi connectivity index (χ0v) is 19.7. The van der Waals surface area contributed by atoms with Crippen molar-refractivity contribution in [2.24, 2.45) is 11.1 Å². The summed E-state index contributed by atoms with van der Waals surface area (Å²) in [6.45, 7) is 9.98. The van der Waals surface area contributed by atoms with E-state index in [-0.39, 0.29) is 30.3 Å². The van der Waals surface area contributed by atoms with E-state index in [0.29, 0.717) is 0 Å². The van der Waals surface area contributed by atoms with E-state index in [1.54, 1.807) is 16.2 Å². The molecule has 1 aliphatic heterocycles. The maximum Gasteiger partial charge on any atom is 0.238 e. The first-order chi connectivity index (χ1) is 14.5. The van der Waals surface area contributed by atoms with Gasteiger partial charge in [-0.25, -0.2) is 4.98 Å². The number of aliphatic hydroxyl groups is 2. The van der Waals surface area contributed by atoms with Crippen LogP contribution >= 0.6 is 11.3 Å². The highest BCUT2D eigenvalue weighted by molar-refractivity contribution is 7.13. The summed E-state index contributed by atoms with van der Waals surface area (Å²) in [6, 6.07) is 6.70. The molecule has 1 aromatic heterocycles. The van der Waals surface area contributed by atoms with Crippen LogP contribution < -0.4 is 11.1 Å². The first-order valence-electron chi connectivity index (χ1n) is 10.7. The van der Waals surface area contributed by atoms with Gasteiger partial charge in [-0.15, -0.1) is 11.3 Å². The Balaban J connectivity index is 1.68. The van der Waals surface area contributed by atoms with Crippen LogP contribution in [-0.4, -0.2) is 57.0 Å². The van der Waals surface area contributed by atoms with Gasteiger partial charge in [-0.1, -0.05) is 45.0 Å². The Morgan fingerprint density at radius 2 is 1.97 bits per heavy atom. The van der Waals surface area contributed by atoms with Gasteiger partial charge in [-0.05, 0) is 36.8 Å². The molecule has 1 aliphatic rings. The Labute approximate surface area is 188 Å². The van der Waals surface area contributed by atoms with E-state index in [9.17, 15) is 15.0 Å². The smallest absolute Gasteiger partial charge is 0.238 e. The highest BCUT2D eigenvalue weighted by Crippen LogP contribution is 2.29. The molecule has 2 aromatic rings. The quantitative estimate of drug-likeness (QED) is 0.542. The van der Waals surface area contributed by atoms with Crippen LogP contribution in [0.1, 0.15) is 51.4 Å². The van der Waals surface area contributed by atoms with Crippen molar-refractivity contribution < 1.29 is 15.0 Å². The molecule has 170 valence electrons. The standard InChI is InChI=1S/C23H34N4O3S/c1-13(15-6-8-16(9-7-15)19-14(2)25-12-31-19)26-21(29)18-10-17(28)11-27(18)22(30)20(24)23(3,4)5/h6-9,12-13,17-18,20,22,28,30H,10-11,24H2,1-5H3,(H,26,29)/t13-,17+,18-,20?,22?/m0/s1. The van der Waals surface area contributed by atoms with Crippen LogP contribution in [0, 0.1) is 12.3 Å². The first-order valence-corrected chi connectivity index (χ1v) is 11.5. The molecule has 1 saturated heterocycles. The third kappa shape index (κ3) is 5.32. The molecule has 0 spiro atoms. The first kappa shape index (κ1) is 23.8. The number of carbonyl (C=O) groups excluding carboxylic acids is 1. The van der Waals surface area contributed by atoms with E-state index in [0.717, 1.165) is 21.7 Å². The molecule has 5 atom stereocenters. The normalized spacial score (nSPS) is 22.8. The van der Waals surface area contributed by atoms with Gasteiger partial charge in [0.25, 0.3) is 0 Å². The van der Waals surface area contributed by atoms with E-state index in [2.05, 4.69) is 10.3 Å². The van der Waals surface area contributed by atoms with E-state index < -0.39 is 24.4 Å². The number of rotatable bonds is 6. The Kier molecular flexibility index (Phi) is 7.18. The molecule has 7 nitrogen and oxygen atoms in total. The molecule has 8 heteroatoms. The number of likely N-dealkylation sites (tertiary alicyclic amines) is 1. The Hall–Kier alpha value is -1.84. The second-order valence-electron chi connectivity index (χ2n) is 9.53. The number of aliphatic hydroxyl groups excluding tert-OH is 2. The van der Waals surface area contributed by atoms with Crippen LogP contribution in [0.3, 0.4) is 0 Å². The van der Waals surface area contributed by atoms with Crippen LogP contribution in [0.5, 0.6) is 0 Å². The van der Waals surface area contributed by atoms with Crippen LogP contribution in [0.4, 0.5) is 0 Å². The highest BCUT2D eigenvalue weighted by atomic mass is 32.1. The van der Waals surface area contributed by atoms with Gasteiger partial charge in [0.15, 0.2) is 0 Å². The van der Waals surface area contributed by atoms with Gasteiger partial charge in [0.1, 0.15) is 6.23 Å². The Morgan fingerprint density at radius 3 is 2.52 bits per heavy atom. The number of aromatic nitrogens is 1. The van der Waals surface area contributed by atoms with Crippen LogP contribution in [0.25, 0.3) is 10.4 Å². The molecule has 31 heavy (non-hydrogen) atoms. The molecule has 0 bridgehead atoms. The lowest BCUT2D eigenvalue weighted by molar-refractivity contribution is -0.132. The Morgan fingerprint density at radius 1 is 1.32 bits per heavy atom. The fourth-order valence-corrected chi connectivity index (χ4v) is 4.75. The number of β-amino-alcohol motifs (C(OH)–C–C–N with tert-alkyl or cyclic N) is 1. The highest BCUT2D eigenvalue weighted by Gasteiger charge is 2.43. The summed E-state index contributed by atoms with van der Waals surface area (Å²) < 4.78 is 0. The van der Waals surface area contributed by atoms with E-state index in [4.69, 9.17) is 5.73 Å². The average Bonchev–Trinajstić information content (AvgIpc) is 3.31. The molecule has 0 saturated carbocycles. The number of amides is 1. The minimum atomic E-state index is -1.01. The summed E-state index contributed by atoms with van der Waals surface area (Å²) in [5.74, 6) is -0.216. The largest absolute Gasteiger partial charge is 0.392 e. The molecule has 2 unspecified atom stereocenters. The van der Waals surface area contributed by atoms with Crippen molar-refractivity contribution in [3.05, 3.63) is 41.0 Å². The molecule has 2 heterocycles. The molecule has 1 amide bonds. The van der Waals surface area contributed by atoms with E-state index in [1.165, 1.54) is 0 Å². The summed E-state index contributed by atoms with van der Waals surface area (Å²) in [7, 11) is 0. The number of aryl methyl sites for hydroxylation is 1. The molecular weight excluding hydrogens is 412 g/mol. The van der Waals surface area contributed by atoms with Crippen molar-refractivity contribution in [2.75, 3.05) is 6.54 Å². The molecule has 1 aromatic carbocycles. The fourth-order valence-electron chi connectivity index (χ4n) is 3.94. The molecule has 0 aliphatic carbocycles. The molecule has 0 radical (unpaired) electrons. The summed E-state index contributed by atoms with van der Waals surface area (Å²) in [4.78, 5) is 20.1. The SMILES string of the molecule is Cc1ncsc1-c1ccc([C@H](C)NC(=O)[C@@H]2C[C@@H](O)CN2C(O)C(N)C(C)(C)C)cc1. The topological polar surface area (TPSA) is 112 Å². The van der Waals surface area contributed by atoms with Crippen molar-refractivity contribution in [3.63, 3.8) is 0 Å². The van der Waals surface area contributed by atoms with Crippen molar-refractivity contribution in [1.82, 2.24) is 15.2 Å². The van der Waals surface area contributed by atoms with Gasteiger partial charge in [0, 0.05) is 12.6 Å². The summed E-state index contributed by atoms with van der Waals surface area (Å²) in [5.41, 5.74) is 10.8. The predicted octanol–water partition coefficient (Wildman–Crippen LogP) is 2.42. The van der Waals surface area contributed by atoms with Crippen molar-refractivity contribution in [3.8, 4) is 10.4 Å². The number of hydrogen-bond donors (Lipinski definition) is 4. The van der Waals surface area contributed by atoms with E-state index in [1.807, 2.05) is 64.4 Å². The van der Waals surface area contributed by atoms with Crippen LogP contribution in [-0.2, 0) is 4.79 Å². The molecule has 3 rings (SSSR count). The fraction of sp³-hybridized carbons (Fsp3) is 0.565. The number of carbonyl (C=O) groups is 1. The zero-order chi connectivity index (χ0) is 22.9. The zero-order valence-electron chi connectivity index (χ0n) is 18.9. The Bertz CT molecular complexity index is 893. The summed E-state index contributed by atoms with van der Waals surface area (Å²) in [6.07, 6.45) is -1.41. The predicted molar refractivity (Wildman–Crippen MR) is 123 cm³/mol. The number of nitrogens with zero attached hydrogens (tertiary/aromatic N) is 2. The number of benzene rings is 1. The lowest BCUT2D eigenvalue weighted by Gasteiger charge is -2.38. The maximum absolute atomic E-state index is 13.0. The van der Waals surface area contributed by atoms with Gasteiger partial charge in [-0.2, -0.15) is 0 Å². The van der Waals surface area contributed by atoms with Gasteiger partial charge in [0.05, 0.1) is 34.3 Å². The monoisotopic (exact) mass is 446 g/mol. The van der Waals surface area contributed by atoms with Crippen molar-refractivity contribution in [1.29, 1.82) is 0 Å². The van der Waals surface area contributed by atoms with Crippen molar-refractivity contribution in [2.45, 2.75) is 71.5 Å². The third-order valence-electron chi connectivity index (χ3n) is 6.06. The lowest BCUT2D eigenvalue weighted by atomic mass is 9.86. The minimum Gasteiger partial charge on any atom is -0.392 e. The van der Waals surface area contributed by atoms with Crippen molar-refractivity contribution >= 4 is 17.2 Å². The van der Waals surface area contributed by atoms with E-state index >= 15 is 0 Å². The van der Waals surface area contributed by atoms with Crippen LogP contribution in [0.15, 0.2) is 29.8 Å². The second-order valence-corrected chi connectivity index (χ2v) is 10.4. The lowest BCUT2D eigenvalue weighted by Crippen LogP contribution is -2.57. The number of thiazole rings is 1. The van der Waals surface area contributed by atoms with Gasteiger partial charge < -0.3 is 21.3 Å². The molecule has 1 fully saturated rings. The van der Waals surface area contributed by atoms with Gasteiger partial charge in [-0.3, -0.25) is 9.69 Å². The van der Waals surface area contributed by atoms with Gasteiger partial charge >= 0.3 is 0 Å². The van der Waals surface area contributed by atoms with Gasteiger partial charge in [0.2, 0.25) is 5.91 Å². The third-order valence-corrected chi connectivity index (χ3v) is 7.04.